The Morgan fingerprint density at radius 2 is 2.24 bits per heavy atom. The summed E-state index contributed by atoms with van der Waals surface area (Å²) in [6, 6.07) is 5.46. The van der Waals surface area contributed by atoms with Gasteiger partial charge in [0, 0.05) is 31.9 Å². The Hall–Kier alpha value is -1.53. The van der Waals surface area contributed by atoms with Crippen LogP contribution >= 0.6 is 22.9 Å². The molecule has 0 spiro atoms. The molecule has 0 saturated heterocycles. The first-order valence-electron chi connectivity index (χ1n) is 5.91. The van der Waals surface area contributed by atoms with Gasteiger partial charge in [0.15, 0.2) is 8.68 Å². The van der Waals surface area contributed by atoms with Gasteiger partial charge in [-0.15, -0.1) is 0 Å². The summed E-state index contributed by atoms with van der Waals surface area (Å²) in [7, 11) is -3.72. The largest absolute Gasteiger partial charge is 0.264 e. The van der Waals surface area contributed by atoms with Crippen LogP contribution in [0.1, 0.15) is 12.0 Å². The highest BCUT2D eigenvalue weighted by atomic mass is 35.5. The first-order valence-corrected chi connectivity index (χ1v) is 8.55. The normalized spacial score (nSPS) is 11.5. The van der Waals surface area contributed by atoms with Crippen molar-refractivity contribution in [3.8, 4) is 6.07 Å². The van der Waals surface area contributed by atoms with E-state index in [1.54, 1.807) is 24.5 Å². The lowest BCUT2D eigenvalue weighted by atomic mass is 10.3. The molecular formula is C12H11ClN4O2S2. The summed E-state index contributed by atoms with van der Waals surface area (Å²) < 4.78 is 26.6. The molecule has 21 heavy (non-hydrogen) atoms. The Balaban J connectivity index is 2.29. The molecule has 9 heteroatoms. The minimum Gasteiger partial charge on any atom is -0.264 e. The molecule has 2 aromatic rings. The van der Waals surface area contributed by atoms with Crippen molar-refractivity contribution >= 4 is 33.0 Å². The van der Waals surface area contributed by atoms with E-state index in [-0.39, 0.29) is 28.2 Å². The van der Waals surface area contributed by atoms with Crippen LogP contribution in [0.3, 0.4) is 0 Å². The Morgan fingerprint density at radius 3 is 2.81 bits per heavy atom. The van der Waals surface area contributed by atoms with Gasteiger partial charge in [0.25, 0.3) is 10.0 Å². The van der Waals surface area contributed by atoms with Gasteiger partial charge in [-0.25, -0.2) is 13.4 Å². The highest BCUT2D eigenvalue weighted by molar-refractivity contribution is 7.91. The predicted octanol–water partition coefficient (Wildman–Crippen LogP) is 2.30. The monoisotopic (exact) mass is 342 g/mol. The van der Waals surface area contributed by atoms with Crippen LogP contribution in [0.15, 0.2) is 34.9 Å². The minimum absolute atomic E-state index is 0.0642. The van der Waals surface area contributed by atoms with Crippen molar-refractivity contribution in [1.82, 2.24) is 14.3 Å². The summed E-state index contributed by atoms with van der Waals surface area (Å²) in [5.74, 6) is 0. The molecule has 6 nitrogen and oxygen atoms in total. The Morgan fingerprint density at radius 1 is 1.43 bits per heavy atom. The van der Waals surface area contributed by atoms with Crippen molar-refractivity contribution in [1.29, 1.82) is 5.26 Å². The van der Waals surface area contributed by atoms with E-state index < -0.39 is 10.0 Å². The molecule has 0 aromatic carbocycles. The van der Waals surface area contributed by atoms with E-state index in [0.29, 0.717) is 0 Å². The Kier molecular flexibility index (Phi) is 5.25. The van der Waals surface area contributed by atoms with Crippen molar-refractivity contribution in [3.05, 3.63) is 40.8 Å². The lowest BCUT2D eigenvalue weighted by Crippen LogP contribution is -2.31. The van der Waals surface area contributed by atoms with Crippen LogP contribution in [0.5, 0.6) is 0 Å². The number of nitrogens with zero attached hydrogens (tertiary/aromatic N) is 4. The van der Waals surface area contributed by atoms with Gasteiger partial charge in [0.1, 0.15) is 0 Å². The number of nitriles is 1. The molecule has 0 bridgehead atoms. The molecular weight excluding hydrogens is 332 g/mol. The molecule has 0 N–H and O–H groups in total. The SMILES string of the molecule is N#CCCN(Cc1cccnc1)S(=O)(=O)c1cnc(Cl)s1. The standard InChI is InChI=1S/C12H11ClN4O2S2/c13-12-16-8-11(20-12)21(18,19)17(6-2-4-14)9-10-3-1-5-15-7-10/h1,3,5,7-8H,2,6,9H2. The van der Waals surface area contributed by atoms with Crippen LogP contribution in [0.2, 0.25) is 4.47 Å². The van der Waals surface area contributed by atoms with Crippen LogP contribution in [0.25, 0.3) is 0 Å². The number of pyridine rings is 1. The number of rotatable bonds is 6. The fourth-order valence-corrected chi connectivity index (χ4v) is 4.52. The predicted molar refractivity (Wildman–Crippen MR) is 79.2 cm³/mol. The van der Waals surface area contributed by atoms with E-state index >= 15 is 0 Å². The third-order valence-electron chi connectivity index (χ3n) is 2.61. The second kappa shape index (κ2) is 6.95. The van der Waals surface area contributed by atoms with Crippen molar-refractivity contribution in [2.45, 2.75) is 17.2 Å². The smallest absolute Gasteiger partial charge is 0.254 e. The van der Waals surface area contributed by atoms with Crippen LogP contribution in [0, 0.1) is 11.3 Å². The van der Waals surface area contributed by atoms with Gasteiger partial charge in [-0.3, -0.25) is 4.98 Å². The van der Waals surface area contributed by atoms with E-state index in [4.69, 9.17) is 16.9 Å². The van der Waals surface area contributed by atoms with E-state index in [1.165, 1.54) is 10.5 Å². The van der Waals surface area contributed by atoms with Gasteiger partial charge in [0.05, 0.1) is 12.3 Å². The minimum atomic E-state index is -3.72. The molecule has 0 aliphatic rings. The molecule has 2 aromatic heterocycles. The average molecular weight is 343 g/mol. The van der Waals surface area contributed by atoms with Gasteiger partial charge in [0.2, 0.25) is 0 Å². The van der Waals surface area contributed by atoms with Gasteiger partial charge < -0.3 is 0 Å². The van der Waals surface area contributed by atoms with Crippen LogP contribution in [-0.4, -0.2) is 29.2 Å². The van der Waals surface area contributed by atoms with E-state index in [1.807, 2.05) is 6.07 Å². The molecule has 0 saturated carbocycles. The summed E-state index contributed by atoms with van der Waals surface area (Å²) in [4.78, 5) is 7.71. The Bertz CT molecular complexity index is 740. The summed E-state index contributed by atoms with van der Waals surface area (Å²) >= 11 is 6.59. The van der Waals surface area contributed by atoms with Gasteiger partial charge in [-0.1, -0.05) is 29.0 Å². The first-order chi connectivity index (χ1) is 10.0. The second-order valence-corrected chi connectivity index (χ2v) is 7.82. The first kappa shape index (κ1) is 15.9. The zero-order chi connectivity index (χ0) is 15.3. The lowest BCUT2D eigenvalue weighted by molar-refractivity contribution is 0.414. The maximum absolute atomic E-state index is 12.6. The van der Waals surface area contributed by atoms with Crippen molar-refractivity contribution in [3.63, 3.8) is 0 Å². The fraction of sp³-hybridized carbons (Fsp3) is 0.250. The third kappa shape index (κ3) is 3.98. The number of aromatic nitrogens is 2. The van der Waals surface area contributed by atoms with E-state index in [9.17, 15) is 8.42 Å². The maximum atomic E-state index is 12.6. The van der Waals surface area contributed by atoms with Gasteiger partial charge in [-0.2, -0.15) is 9.57 Å². The van der Waals surface area contributed by atoms with Gasteiger partial charge in [-0.05, 0) is 11.6 Å². The molecule has 2 heterocycles. The van der Waals surface area contributed by atoms with Crippen molar-refractivity contribution < 1.29 is 8.42 Å². The molecule has 110 valence electrons. The second-order valence-electron chi connectivity index (χ2n) is 4.04. The highest BCUT2D eigenvalue weighted by Crippen LogP contribution is 2.26. The zero-order valence-corrected chi connectivity index (χ0v) is 13.2. The molecule has 0 atom stereocenters. The summed E-state index contributed by atoms with van der Waals surface area (Å²) in [5.41, 5.74) is 0.745. The Labute approximate surface area is 131 Å². The molecule has 0 fully saturated rings. The molecule has 0 unspecified atom stereocenters. The lowest BCUT2D eigenvalue weighted by Gasteiger charge is -2.19. The van der Waals surface area contributed by atoms with Crippen molar-refractivity contribution in [2.75, 3.05) is 6.54 Å². The van der Waals surface area contributed by atoms with E-state index in [2.05, 4.69) is 9.97 Å². The number of thiazole rings is 1. The average Bonchev–Trinajstić information content (AvgIpc) is 2.92. The number of hydrogen-bond donors (Lipinski definition) is 0. The molecule has 0 amide bonds. The summed E-state index contributed by atoms with van der Waals surface area (Å²) in [6.45, 7) is 0.247. The number of halogens is 1. The van der Waals surface area contributed by atoms with Gasteiger partial charge >= 0.3 is 0 Å². The molecule has 0 aliphatic carbocycles. The quantitative estimate of drug-likeness (QED) is 0.803. The topological polar surface area (TPSA) is 87.0 Å². The van der Waals surface area contributed by atoms with E-state index in [0.717, 1.165) is 16.9 Å². The fourth-order valence-electron chi connectivity index (χ4n) is 1.64. The van der Waals surface area contributed by atoms with Crippen LogP contribution < -0.4 is 0 Å². The third-order valence-corrected chi connectivity index (χ3v) is 6.00. The van der Waals surface area contributed by atoms with Crippen LogP contribution in [-0.2, 0) is 16.6 Å². The summed E-state index contributed by atoms with van der Waals surface area (Å²) in [6.07, 6.45) is 4.53. The number of hydrogen-bond acceptors (Lipinski definition) is 6. The maximum Gasteiger partial charge on any atom is 0.254 e. The zero-order valence-electron chi connectivity index (χ0n) is 10.8. The summed E-state index contributed by atoms with van der Waals surface area (Å²) in [5, 5.41) is 8.71. The highest BCUT2D eigenvalue weighted by Gasteiger charge is 2.26. The number of sulfonamides is 1. The van der Waals surface area contributed by atoms with Crippen LogP contribution in [0.4, 0.5) is 0 Å². The molecule has 2 rings (SSSR count). The molecule has 0 radical (unpaired) electrons. The molecule has 0 aliphatic heterocycles. The van der Waals surface area contributed by atoms with Crippen molar-refractivity contribution in [2.24, 2.45) is 0 Å².